The van der Waals surface area contributed by atoms with E-state index in [4.69, 9.17) is 4.74 Å². The van der Waals surface area contributed by atoms with E-state index in [-0.39, 0.29) is 0 Å². The molecule has 3 fully saturated rings. The second-order valence-corrected chi connectivity index (χ2v) is 6.19. The molecule has 19 heavy (non-hydrogen) atoms. The quantitative estimate of drug-likeness (QED) is 0.858. The molecule has 0 atom stereocenters. The number of aromatic nitrogens is 1. The molecule has 4 nitrogen and oxygen atoms in total. The van der Waals surface area contributed by atoms with Crippen molar-refractivity contribution in [3.05, 3.63) is 23.4 Å². The Kier molecular flexibility index (Phi) is 3.03. The molecule has 1 aliphatic carbocycles. The van der Waals surface area contributed by atoms with E-state index in [2.05, 4.69) is 42.6 Å². The second-order valence-electron chi connectivity index (χ2n) is 5.92. The van der Waals surface area contributed by atoms with E-state index in [9.17, 15) is 0 Å². The summed E-state index contributed by atoms with van der Waals surface area (Å²) in [5.74, 6) is 2.28. The van der Waals surface area contributed by atoms with Gasteiger partial charge in [0.05, 0.1) is 0 Å². The van der Waals surface area contributed by atoms with Gasteiger partial charge in [-0.05, 0) is 0 Å². The summed E-state index contributed by atoms with van der Waals surface area (Å²) in [4.78, 5) is 7.16. The molecular weight excluding hydrogens is 282 g/mol. The molecular formula is C14H18FeN3O. The van der Waals surface area contributed by atoms with E-state index in [1.807, 2.05) is 0 Å². The van der Waals surface area contributed by atoms with Crippen molar-refractivity contribution in [3.8, 4) is 0 Å². The molecule has 1 aromatic rings. The van der Waals surface area contributed by atoms with Crippen molar-refractivity contribution in [3.63, 3.8) is 0 Å². The van der Waals surface area contributed by atoms with Crippen LogP contribution in [0.4, 0.5) is 5.82 Å². The standard InChI is InChI=1S/C14H18N3O.Fe/c15-14-4-10(3-13(16-14)9-1-2-9)11-5-17(6-11)12-7-18-8-12;/h3-4,9,11-12H,1-2,5-8H2,(H-,15,16);/q-1;+1. The van der Waals surface area contributed by atoms with E-state index < -0.39 is 0 Å². The van der Waals surface area contributed by atoms with E-state index in [1.165, 1.54) is 37.2 Å². The zero-order chi connectivity index (χ0) is 12.8. The monoisotopic (exact) mass is 300 g/mol. The number of nitrogens with one attached hydrogen (secondary N) is 1. The first-order valence-electron chi connectivity index (χ1n) is 7.02. The Labute approximate surface area is 121 Å². The molecule has 1 aromatic heterocycles. The van der Waals surface area contributed by atoms with Crippen molar-refractivity contribution in [1.82, 2.24) is 9.88 Å². The molecule has 2 saturated heterocycles. The number of anilines is 1. The van der Waals surface area contributed by atoms with Crippen LogP contribution < -0.4 is 4.33 Å². The third-order valence-corrected chi connectivity index (χ3v) is 4.75. The van der Waals surface area contributed by atoms with Gasteiger partial charge in [-0.2, -0.15) is 0 Å². The molecule has 1 N–H and O–H groups in total. The summed E-state index contributed by atoms with van der Waals surface area (Å²) in [5, 5.41) is 0. The summed E-state index contributed by atoms with van der Waals surface area (Å²) in [6, 6.07) is 5.15. The van der Waals surface area contributed by atoms with Crippen LogP contribution >= 0.6 is 0 Å². The first-order valence-corrected chi connectivity index (χ1v) is 7.58. The first-order chi connectivity index (χ1) is 9.33. The normalized spacial score (nSPS) is 24.9. The van der Waals surface area contributed by atoms with E-state index in [0.717, 1.165) is 19.0 Å². The van der Waals surface area contributed by atoms with Crippen LogP contribution in [0.1, 0.15) is 35.9 Å². The number of rotatable bonds is 4. The summed E-state index contributed by atoms with van der Waals surface area (Å²) in [6.45, 7) is 4.17. The number of pyridine rings is 1. The van der Waals surface area contributed by atoms with Crippen molar-refractivity contribution in [2.24, 2.45) is 0 Å². The van der Waals surface area contributed by atoms with Gasteiger partial charge in [0.15, 0.2) is 0 Å². The molecule has 4 rings (SSSR count). The molecule has 0 spiro atoms. The van der Waals surface area contributed by atoms with Crippen molar-refractivity contribution in [2.75, 3.05) is 30.6 Å². The van der Waals surface area contributed by atoms with E-state index in [1.54, 1.807) is 0 Å². The summed E-state index contributed by atoms with van der Waals surface area (Å²) >= 11 is 3.75. The fourth-order valence-electron chi connectivity index (χ4n) is 2.90. The molecule has 103 valence electrons. The van der Waals surface area contributed by atoms with Crippen LogP contribution in [0.3, 0.4) is 0 Å². The van der Waals surface area contributed by atoms with Gasteiger partial charge in [-0.1, -0.05) is 0 Å². The van der Waals surface area contributed by atoms with Gasteiger partial charge in [-0.15, -0.1) is 0 Å². The molecule has 3 heterocycles. The number of hydrogen-bond donors (Lipinski definition) is 1. The fraction of sp³-hybridized carbons (Fsp3) is 0.643. The average Bonchev–Trinajstić information content (AvgIpc) is 3.14. The van der Waals surface area contributed by atoms with Gasteiger partial charge in [-0.3, -0.25) is 0 Å². The molecule has 0 bridgehead atoms. The Balaban J connectivity index is 1.49. The van der Waals surface area contributed by atoms with Crippen molar-refractivity contribution < 1.29 is 21.0 Å². The Hall–Kier alpha value is -0.611. The average molecular weight is 300 g/mol. The molecule has 1 saturated carbocycles. The van der Waals surface area contributed by atoms with Crippen LogP contribution in [-0.2, 0) is 21.0 Å². The van der Waals surface area contributed by atoms with E-state index >= 15 is 0 Å². The zero-order valence-corrected chi connectivity index (χ0v) is 11.9. The Morgan fingerprint density at radius 3 is 2.58 bits per heavy atom. The third-order valence-electron chi connectivity index (χ3n) is 4.47. The Morgan fingerprint density at radius 1 is 1.21 bits per heavy atom. The van der Waals surface area contributed by atoms with Crippen molar-refractivity contribution in [1.29, 1.82) is 0 Å². The van der Waals surface area contributed by atoms with Crippen LogP contribution in [0.2, 0.25) is 0 Å². The SMILES string of the molecule is [Fe][NH]c1cc(C2CN(C3COC3)C2)cc(C2CC2)n1. The maximum absolute atomic E-state index is 5.26. The van der Waals surface area contributed by atoms with Gasteiger partial charge in [0.25, 0.3) is 0 Å². The minimum atomic E-state index is 0.660. The van der Waals surface area contributed by atoms with Crippen molar-refractivity contribution in [2.45, 2.75) is 30.7 Å². The van der Waals surface area contributed by atoms with E-state index in [0.29, 0.717) is 17.9 Å². The van der Waals surface area contributed by atoms with Crippen LogP contribution in [0.5, 0.6) is 0 Å². The maximum atomic E-state index is 5.26. The predicted molar refractivity (Wildman–Crippen MR) is 68.8 cm³/mol. The third kappa shape index (κ3) is 2.29. The Morgan fingerprint density at radius 2 is 2.00 bits per heavy atom. The van der Waals surface area contributed by atoms with Crippen LogP contribution in [0.15, 0.2) is 12.1 Å². The van der Waals surface area contributed by atoms with Gasteiger partial charge in [-0.25, -0.2) is 0 Å². The summed E-state index contributed by atoms with van der Waals surface area (Å²) in [6.07, 6.45) is 2.59. The minimum absolute atomic E-state index is 0.660. The van der Waals surface area contributed by atoms with Crippen LogP contribution in [0.25, 0.3) is 0 Å². The molecule has 0 aromatic carbocycles. The number of hydrogen-bond acceptors (Lipinski definition) is 4. The van der Waals surface area contributed by atoms with Crippen molar-refractivity contribution >= 4 is 5.82 Å². The second kappa shape index (κ2) is 4.74. The molecule has 0 radical (unpaired) electrons. The molecule has 3 aliphatic rings. The predicted octanol–water partition coefficient (Wildman–Crippen LogP) is 1.63. The molecule has 0 unspecified atom stereocenters. The number of nitrogens with zero attached hydrogens (tertiary/aromatic N) is 2. The number of ether oxygens (including phenoxy) is 1. The van der Waals surface area contributed by atoms with Gasteiger partial charge in [0, 0.05) is 0 Å². The van der Waals surface area contributed by atoms with Gasteiger partial charge >= 0.3 is 121 Å². The van der Waals surface area contributed by atoms with Gasteiger partial charge in [0.1, 0.15) is 0 Å². The zero-order valence-electron chi connectivity index (χ0n) is 10.8. The van der Waals surface area contributed by atoms with Crippen LogP contribution in [-0.4, -0.2) is 42.2 Å². The van der Waals surface area contributed by atoms with Crippen LogP contribution in [0, 0.1) is 0 Å². The number of likely N-dealkylation sites (tertiary alicyclic amines) is 1. The van der Waals surface area contributed by atoms with Gasteiger partial charge < -0.3 is 0 Å². The topological polar surface area (TPSA) is 37.4 Å². The fourth-order valence-corrected chi connectivity index (χ4v) is 3.04. The molecule has 5 heteroatoms. The summed E-state index contributed by atoms with van der Waals surface area (Å²) in [5.41, 5.74) is 2.69. The summed E-state index contributed by atoms with van der Waals surface area (Å²) < 4.78 is 8.21. The molecule has 2 aliphatic heterocycles. The van der Waals surface area contributed by atoms with Gasteiger partial charge in [0.2, 0.25) is 0 Å². The Bertz CT molecular complexity index is 482. The summed E-state index contributed by atoms with van der Waals surface area (Å²) in [7, 11) is 0. The first kappa shape index (κ1) is 12.2. The molecule has 0 amide bonds.